The third kappa shape index (κ3) is 11.6. The number of nitrogens with one attached hydrogen (secondary N) is 1. The van der Waals surface area contributed by atoms with Crippen molar-refractivity contribution in [2.45, 2.75) is 72.5 Å². The van der Waals surface area contributed by atoms with Gasteiger partial charge in [-0.1, -0.05) is 54.9 Å². The standard InChI is InChI=1S/C29H41N5O3S/c1-8-22(7)28-36-18-24(19-37-28)16-21(6)15-23(9-2)17-26(35)30-29-34-33-27(38-29)14-12-11-13-25(10-3)32-31-20(4)5/h8-10,15,24,28H,2-3,6,11-14,16-19H2,1,4-5,7H3,(H,30,34,35)/b22-8+,23-15+,32-25+. The fraction of sp³-hybridized carbons (Fsp3) is 0.483. The average molecular weight is 540 g/mol. The summed E-state index contributed by atoms with van der Waals surface area (Å²) < 4.78 is 11.6. The van der Waals surface area contributed by atoms with Crippen molar-refractivity contribution in [3.05, 3.63) is 65.8 Å². The number of amides is 1. The molecule has 1 aromatic heterocycles. The number of carbonyl (C=O) groups excluding carboxylic acids is 1. The van der Waals surface area contributed by atoms with Crippen LogP contribution < -0.4 is 5.32 Å². The molecule has 0 aliphatic carbocycles. The van der Waals surface area contributed by atoms with Crippen LogP contribution in [0.2, 0.25) is 0 Å². The lowest BCUT2D eigenvalue weighted by atomic mass is 9.98. The van der Waals surface area contributed by atoms with Crippen LogP contribution in [-0.4, -0.2) is 47.0 Å². The van der Waals surface area contributed by atoms with Crippen LogP contribution in [0.1, 0.15) is 64.8 Å². The second-order valence-corrected chi connectivity index (χ2v) is 10.5. The summed E-state index contributed by atoms with van der Waals surface area (Å²) in [4.78, 5) is 12.6. The van der Waals surface area contributed by atoms with Crippen molar-refractivity contribution in [1.29, 1.82) is 0 Å². The van der Waals surface area contributed by atoms with Gasteiger partial charge >= 0.3 is 0 Å². The van der Waals surface area contributed by atoms with E-state index in [0.29, 0.717) is 18.3 Å². The third-order valence-corrected chi connectivity index (χ3v) is 6.66. The Balaban J connectivity index is 1.76. The van der Waals surface area contributed by atoms with Crippen LogP contribution in [-0.2, 0) is 20.7 Å². The number of hydrogen-bond acceptors (Lipinski definition) is 8. The molecule has 9 heteroatoms. The Bertz CT molecular complexity index is 1090. The van der Waals surface area contributed by atoms with Gasteiger partial charge in [-0.25, -0.2) is 0 Å². The van der Waals surface area contributed by atoms with Gasteiger partial charge in [-0.3, -0.25) is 4.79 Å². The van der Waals surface area contributed by atoms with Crippen molar-refractivity contribution in [1.82, 2.24) is 10.2 Å². The van der Waals surface area contributed by atoms with Crippen LogP contribution in [0, 0.1) is 5.92 Å². The summed E-state index contributed by atoms with van der Waals surface area (Å²) in [6, 6.07) is 0. The normalized spacial score (nSPS) is 18.6. The van der Waals surface area contributed by atoms with E-state index in [0.717, 1.165) is 65.3 Å². The molecule has 8 nitrogen and oxygen atoms in total. The molecule has 0 radical (unpaired) electrons. The summed E-state index contributed by atoms with van der Waals surface area (Å²) >= 11 is 1.39. The molecule has 206 valence electrons. The van der Waals surface area contributed by atoms with E-state index in [-0.39, 0.29) is 24.5 Å². The van der Waals surface area contributed by atoms with E-state index in [1.54, 1.807) is 12.2 Å². The highest BCUT2D eigenvalue weighted by Gasteiger charge is 2.23. The minimum absolute atomic E-state index is 0.167. The van der Waals surface area contributed by atoms with E-state index in [9.17, 15) is 4.79 Å². The summed E-state index contributed by atoms with van der Waals surface area (Å²) in [5.74, 6) is 0.0586. The average Bonchev–Trinajstić information content (AvgIpc) is 3.34. The van der Waals surface area contributed by atoms with Gasteiger partial charge in [0.2, 0.25) is 11.0 Å². The Morgan fingerprint density at radius 3 is 2.50 bits per heavy atom. The number of carbonyl (C=O) groups is 1. The number of nitrogens with zero attached hydrogens (tertiary/aromatic N) is 4. The molecular weight excluding hydrogens is 498 g/mol. The highest BCUT2D eigenvalue weighted by Crippen LogP contribution is 2.23. The topological polar surface area (TPSA) is 98.1 Å². The fourth-order valence-electron chi connectivity index (χ4n) is 3.63. The maximum absolute atomic E-state index is 12.6. The molecule has 1 aliphatic heterocycles. The lowest BCUT2D eigenvalue weighted by molar-refractivity contribution is -0.179. The number of ether oxygens (including phenoxy) is 2. The lowest BCUT2D eigenvalue weighted by Crippen LogP contribution is -2.32. The fourth-order valence-corrected chi connectivity index (χ4v) is 4.43. The maximum Gasteiger partial charge on any atom is 0.230 e. The Morgan fingerprint density at radius 2 is 1.87 bits per heavy atom. The minimum Gasteiger partial charge on any atom is -0.348 e. The smallest absolute Gasteiger partial charge is 0.230 e. The van der Waals surface area contributed by atoms with Crippen molar-refractivity contribution in [3.8, 4) is 0 Å². The van der Waals surface area contributed by atoms with Crippen molar-refractivity contribution in [2.24, 2.45) is 16.1 Å². The van der Waals surface area contributed by atoms with Crippen molar-refractivity contribution >= 4 is 33.8 Å². The lowest BCUT2D eigenvalue weighted by Gasteiger charge is -2.30. The van der Waals surface area contributed by atoms with E-state index in [1.807, 2.05) is 39.8 Å². The van der Waals surface area contributed by atoms with Gasteiger partial charge in [-0.05, 0) is 70.6 Å². The number of aromatic nitrogens is 2. The van der Waals surface area contributed by atoms with Gasteiger partial charge in [0.15, 0.2) is 6.29 Å². The molecule has 1 fully saturated rings. The largest absolute Gasteiger partial charge is 0.348 e. The van der Waals surface area contributed by atoms with E-state index in [2.05, 4.69) is 45.5 Å². The number of anilines is 1. The number of aryl methyl sites for hydroxylation is 1. The molecule has 0 spiro atoms. The van der Waals surface area contributed by atoms with Gasteiger partial charge in [0.1, 0.15) is 5.01 Å². The number of allylic oxidation sites excluding steroid dienone is 5. The molecule has 1 aromatic rings. The first-order chi connectivity index (χ1) is 18.2. The molecule has 1 amide bonds. The molecule has 0 atom stereocenters. The first kappa shape index (κ1) is 31.2. The monoisotopic (exact) mass is 539 g/mol. The van der Waals surface area contributed by atoms with Crippen LogP contribution in [0.15, 0.2) is 71.0 Å². The maximum atomic E-state index is 12.6. The summed E-state index contributed by atoms with van der Waals surface area (Å²) in [6.45, 7) is 20.8. The summed E-state index contributed by atoms with van der Waals surface area (Å²) in [5, 5.41) is 20.8. The van der Waals surface area contributed by atoms with Gasteiger partial charge < -0.3 is 14.8 Å². The van der Waals surface area contributed by atoms with Gasteiger partial charge in [0, 0.05) is 18.1 Å². The molecule has 0 bridgehead atoms. The first-order valence-corrected chi connectivity index (χ1v) is 13.7. The van der Waals surface area contributed by atoms with E-state index in [4.69, 9.17) is 9.47 Å². The predicted molar refractivity (Wildman–Crippen MR) is 158 cm³/mol. The Kier molecular flexibility index (Phi) is 13.8. The van der Waals surface area contributed by atoms with Crippen LogP contribution in [0.3, 0.4) is 0 Å². The predicted octanol–water partition coefficient (Wildman–Crippen LogP) is 6.62. The molecule has 1 saturated heterocycles. The summed E-state index contributed by atoms with van der Waals surface area (Å²) in [5.41, 5.74) is 4.56. The molecule has 2 rings (SSSR count). The van der Waals surface area contributed by atoms with Crippen LogP contribution in [0.4, 0.5) is 5.13 Å². The molecule has 0 saturated carbocycles. The van der Waals surface area contributed by atoms with Gasteiger partial charge in [-0.15, -0.1) is 10.2 Å². The van der Waals surface area contributed by atoms with E-state index >= 15 is 0 Å². The molecule has 1 aliphatic rings. The number of unbranched alkanes of at least 4 members (excludes halogenated alkanes) is 1. The Hall–Kier alpha value is -3.01. The van der Waals surface area contributed by atoms with E-state index in [1.165, 1.54) is 11.3 Å². The summed E-state index contributed by atoms with van der Waals surface area (Å²) in [6.07, 6.45) is 11.5. The van der Waals surface area contributed by atoms with Gasteiger partial charge in [-0.2, -0.15) is 10.2 Å². The molecular formula is C29H41N5O3S. The zero-order valence-electron chi connectivity index (χ0n) is 23.2. The van der Waals surface area contributed by atoms with Crippen LogP contribution in [0.25, 0.3) is 0 Å². The quantitative estimate of drug-likeness (QED) is 0.0888. The van der Waals surface area contributed by atoms with Crippen molar-refractivity contribution < 1.29 is 14.3 Å². The first-order valence-electron chi connectivity index (χ1n) is 12.9. The minimum atomic E-state index is -0.261. The zero-order valence-corrected chi connectivity index (χ0v) is 24.0. The van der Waals surface area contributed by atoms with E-state index < -0.39 is 0 Å². The zero-order chi connectivity index (χ0) is 27.9. The molecule has 0 unspecified atom stereocenters. The van der Waals surface area contributed by atoms with Crippen molar-refractivity contribution in [2.75, 3.05) is 18.5 Å². The molecule has 38 heavy (non-hydrogen) atoms. The number of hydrogen-bond donors (Lipinski definition) is 1. The molecule has 2 heterocycles. The molecule has 1 N–H and O–H groups in total. The highest BCUT2D eigenvalue weighted by atomic mass is 32.1. The van der Waals surface area contributed by atoms with Crippen LogP contribution in [0.5, 0.6) is 0 Å². The molecule has 0 aromatic carbocycles. The Labute approximate surface area is 231 Å². The SMILES string of the molecule is C=C/C(=C\C(=C)CC1COC(/C(C)=C/C)OC1)CC(=O)Nc1nnc(CCCC/C(C=C)=N/N=C(C)C)s1. The van der Waals surface area contributed by atoms with Crippen molar-refractivity contribution in [3.63, 3.8) is 0 Å². The third-order valence-electron chi connectivity index (χ3n) is 5.76. The van der Waals surface area contributed by atoms with Crippen LogP contribution >= 0.6 is 11.3 Å². The second-order valence-electron chi connectivity index (χ2n) is 9.46. The van der Waals surface area contributed by atoms with Gasteiger partial charge in [0.25, 0.3) is 0 Å². The second kappa shape index (κ2) is 16.8. The number of rotatable bonds is 15. The highest BCUT2D eigenvalue weighted by molar-refractivity contribution is 7.15. The van der Waals surface area contributed by atoms with Gasteiger partial charge in [0.05, 0.1) is 25.3 Å². The summed E-state index contributed by atoms with van der Waals surface area (Å²) in [7, 11) is 0. The Morgan fingerprint density at radius 1 is 1.13 bits per heavy atom.